The highest BCUT2D eigenvalue weighted by atomic mass is 16.5. The lowest BCUT2D eigenvalue weighted by atomic mass is 9.84. The van der Waals surface area contributed by atoms with Crippen molar-refractivity contribution >= 4 is 5.97 Å². The number of carbonyl (C=O) groups excluding carboxylic acids is 1. The maximum atomic E-state index is 11.2. The molecule has 0 fully saturated rings. The second-order valence-electron chi connectivity index (χ2n) is 5.41. The van der Waals surface area contributed by atoms with Crippen LogP contribution in [0, 0.1) is 0 Å². The fourth-order valence-electron chi connectivity index (χ4n) is 1.82. The van der Waals surface area contributed by atoms with E-state index in [0.29, 0.717) is 5.56 Å². The van der Waals surface area contributed by atoms with E-state index in [0.717, 1.165) is 7.11 Å². The minimum Gasteiger partial charge on any atom is -0.507 e. The number of methoxy groups -OCH3 is 1. The van der Waals surface area contributed by atoms with Gasteiger partial charge in [0.25, 0.3) is 0 Å². The molecule has 3 N–H and O–H groups in total. The maximum absolute atomic E-state index is 11.2. The van der Waals surface area contributed by atoms with Crippen molar-refractivity contribution in [2.75, 3.05) is 7.11 Å². The van der Waals surface area contributed by atoms with Gasteiger partial charge in [-0.05, 0) is 11.0 Å². The highest BCUT2D eigenvalue weighted by Gasteiger charge is 2.30. The van der Waals surface area contributed by atoms with E-state index >= 15 is 0 Å². The Morgan fingerprint density at radius 3 is 2.32 bits per heavy atom. The third-order valence-corrected chi connectivity index (χ3v) is 2.94. The van der Waals surface area contributed by atoms with E-state index in [9.17, 15) is 20.1 Å². The zero-order chi connectivity index (χ0) is 14.8. The molecule has 1 rings (SSSR count). The molecule has 0 spiro atoms. The van der Waals surface area contributed by atoms with Crippen LogP contribution in [0.25, 0.3) is 0 Å². The summed E-state index contributed by atoms with van der Waals surface area (Å²) in [5.74, 6) is -1.07. The molecule has 19 heavy (non-hydrogen) atoms. The number of phenolic OH excluding ortho intramolecular Hbond substituents is 1. The molecule has 0 saturated heterocycles. The van der Waals surface area contributed by atoms with E-state index in [1.807, 2.05) is 20.8 Å². The summed E-state index contributed by atoms with van der Waals surface area (Å²) in [5, 5.41) is 29.7. The van der Waals surface area contributed by atoms with Crippen LogP contribution < -0.4 is 0 Å². The smallest absolute Gasteiger partial charge is 0.337 e. The first kappa shape index (κ1) is 15.5. The average Bonchev–Trinajstić information content (AvgIpc) is 2.35. The number of carbonyl (C=O) groups is 1. The number of benzene rings is 1. The lowest BCUT2D eigenvalue weighted by molar-refractivity contribution is -0.156. The summed E-state index contributed by atoms with van der Waals surface area (Å²) in [6.07, 6.45) is -3.26. The zero-order valence-electron chi connectivity index (χ0n) is 11.5. The molecule has 0 aliphatic heterocycles. The molecule has 1 aromatic rings. The Kier molecular flexibility index (Phi) is 4.55. The molecule has 2 unspecified atom stereocenters. The zero-order valence-corrected chi connectivity index (χ0v) is 11.5. The summed E-state index contributed by atoms with van der Waals surface area (Å²) in [5.41, 5.74) is 0.405. The number of aromatic hydroxyl groups is 1. The van der Waals surface area contributed by atoms with Gasteiger partial charge in [-0.3, -0.25) is 0 Å². The van der Waals surface area contributed by atoms with Crippen LogP contribution >= 0.6 is 0 Å². The first-order chi connectivity index (χ1) is 8.70. The second-order valence-corrected chi connectivity index (χ2v) is 5.41. The van der Waals surface area contributed by atoms with Crippen LogP contribution in [0.15, 0.2) is 18.2 Å². The number of aliphatic hydroxyl groups excluding tert-OH is 2. The van der Waals surface area contributed by atoms with Crippen molar-refractivity contribution in [3.63, 3.8) is 0 Å². The van der Waals surface area contributed by atoms with Crippen LogP contribution in [-0.4, -0.2) is 34.5 Å². The van der Waals surface area contributed by atoms with E-state index in [2.05, 4.69) is 4.74 Å². The van der Waals surface area contributed by atoms with Crippen LogP contribution in [-0.2, 0) is 14.9 Å². The van der Waals surface area contributed by atoms with E-state index in [1.165, 1.54) is 6.07 Å². The predicted molar refractivity (Wildman–Crippen MR) is 69.8 cm³/mol. The van der Waals surface area contributed by atoms with Crippen molar-refractivity contribution in [2.24, 2.45) is 0 Å². The number of rotatable bonds is 3. The summed E-state index contributed by atoms with van der Waals surface area (Å²) in [6.45, 7) is 5.73. The number of hydrogen-bond donors (Lipinski definition) is 3. The number of ether oxygens (including phenoxy) is 1. The van der Waals surface area contributed by atoms with Gasteiger partial charge < -0.3 is 20.1 Å². The van der Waals surface area contributed by atoms with Gasteiger partial charge >= 0.3 is 5.97 Å². The summed E-state index contributed by atoms with van der Waals surface area (Å²) in [6, 6.07) is 4.85. The third kappa shape index (κ3) is 3.24. The lowest BCUT2D eigenvalue weighted by Crippen LogP contribution is -2.29. The first-order valence-electron chi connectivity index (χ1n) is 5.96. The fraction of sp³-hybridized carbons (Fsp3) is 0.500. The molecular weight excluding hydrogens is 248 g/mol. The molecule has 0 radical (unpaired) electrons. The normalized spacial score (nSPS) is 14.8. The number of phenols is 1. The van der Waals surface area contributed by atoms with Gasteiger partial charge in [0, 0.05) is 5.56 Å². The highest BCUT2D eigenvalue weighted by molar-refractivity contribution is 5.75. The van der Waals surface area contributed by atoms with Crippen LogP contribution in [0.4, 0.5) is 0 Å². The third-order valence-electron chi connectivity index (χ3n) is 2.94. The van der Waals surface area contributed by atoms with E-state index in [-0.39, 0.29) is 16.7 Å². The van der Waals surface area contributed by atoms with Gasteiger partial charge in [-0.15, -0.1) is 0 Å². The predicted octanol–water partition coefficient (Wildman–Crippen LogP) is 1.26. The van der Waals surface area contributed by atoms with Crippen molar-refractivity contribution < 1.29 is 24.9 Å². The molecule has 0 aliphatic rings. The minimum absolute atomic E-state index is 0.102. The standard InChI is InChI=1S/C14H20O5/c1-14(2,3)9-7-5-6-8(10(9)15)11(16)12(17)13(18)19-4/h5-7,11-12,15-17H,1-4H3. The topological polar surface area (TPSA) is 87.0 Å². The monoisotopic (exact) mass is 268 g/mol. The summed E-state index contributed by atoms with van der Waals surface area (Å²) in [7, 11) is 1.11. The quantitative estimate of drug-likeness (QED) is 0.718. The summed E-state index contributed by atoms with van der Waals surface area (Å²) < 4.78 is 4.36. The molecule has 0 aromatic heterocycles. The maximum Gasteiger partial charge on any atom is 0.337 e. The van der Waals surface area contributed by atoms with E-state index < -0.39 is 18.2 Å². The van der Waals surface area contributed by atoms with Gasteiger partial charge in [-0.1, -0.05) is 39.0 Å². The molecule has 0 aliphatic carbocycles. The van der Waals surface area contributed by atoms with Crippen molar-refractivity contribution in [2.45, 2.75) is 38.4 Å². The van der Waals surface area contributed by atoms with Gasteiger partial charge in [-0.2, -0.15) is 0 Å². The van der Waals surface area contributed by atoms with E-state index in [1.54, 1.807) is 12.1 Å². The molecule has 0 amide bonds. The molecule has 5 heteroatoms. The second kappa shape index (κ2) is 5.59. The Morgan fingerprint density at radius 2 is 1.84 bits per heavy atom. The van der Waals surface area contributed by atoms with Gasteiger partial charge in [-0.25, -0.2) is 4.79 Å². The minimum atomic E-state index is -1.73. The highest BCUT2D eigenvalue weighted by Crippen LogP contribution is 2.36. The van der Waals surface area contributed by atoms with Gasteiger partial charge in [0.1, 0.15) is 11.9 Å². The van der Waals surface area contributed by atoms with Crippen LogP contribution in [0.5, 0.6) is 5.75 Å². The average molecular weight is 268 g/mol. The Labute approximate surface area is 112 Å². The number of esters is 1. The molecule has 106 valence electrons. The van der Waals surface area contributed by atoms with Crippen LogP contribution in [0.2, 0.25) is 0 Å². The summed E-state index contributed by atoms with van der Waals surface area (Å²) >= 11 is 0. The Bertz CT molecular complexity index is 461. The molecule has 0 heterocycles. The first-order valence-corrected chi connectivity index (χ1v) is 5.96. The molecular formula is C14H20O5. The number of para-hydroxylation sites is 1. The van der Waals surface area contributed by atoms with Crippen molar-refractivity contribution in [3.05, 3.63) is 29.3 Å². The number of aliphatic hydroxyl groups is 2. The van der Waals surface area contributed by atoms with Crippen molar-refractivity contribution in [3.8, 4) is 5.75 Å². The molecule has 0 bridgehead atoms. The Balaban J connectivity index is 3.19. The van der Waals surface area contributed by atoms with Crippen LogP contribution in [0.3, 0.4) is 0 Å². The van der Waals surface area contributed by atoms with Crippen LogP contribution in [0.1, 0.15) is 38.0 Å². The Hall–Kier alpha value is -1.59. The number of hydrogen-bond acceptors (Lipinski definition) is 5. The van der Waals surface area contributed by atoms with E-state index in [4.69, 9.17) is 0 Å². The van der Waals surface area contributed by atoms with Gasteiger partial charge in [0.05, 0.1) is 7.11 Å². The molecule has 0 saturated carbocycles. The van der Waals surface area contributed by atoms with Crippen molar-refractivity contribution in [1.29, 1.82) is 0 Å². The van der Waals surface area contributed by atoms with Gasteiger partial charge in [0.15, 0.2) is 6.10 Å². The lowest BCUT2D eigenvalue weighted by Gasteiger charge is -2.24. The molecule has 1 aromatic carbocycles. The summed E-state index contributed by atoms with van der Waals surface area (Å²) in [4.78, 5) is 11.2. The SMILES string of the molecule is COC(=O)C(O)C(O)c1cccc(C(C)(C)C)c1O. The fourth-order valence-corrected chi connectivity index (χ4v) is 1.82. The molecule has 2 atom stereocenters. The largest absolute Gasteiger partial charge is 0.507 e. The Morgan fingerprint density at radius 1 is 1.26 bits per heavy atom. The van der Waals surface area contributed by atoms with Gasteiger partial charge in [0.2, 0.25) is 0 Å². The van der Waals surface area contributed by atoms with Crippen molar-refractivity contribution in [1.82, 2.24) is 0 Å². The molecule has 5 nitrogen and oxygen atoms in total.